The van der Waals surface area contributed by atoms with Gasteiger partial charge in [-0.25, -0.2) is 4.79 Å². The molecule has 0 bridgehead atoms. The second-order valence-corrected chi connectivity index (χ2v) is 9.16. The van der Waals surface area contributed by atoms with Crippen LogP contribution in [0.25, 0.3) is 22.1 Å². The largest absolute Gasteiger partial charge is 0.487 e. The Morgan fingerprint density at radius 3 is 2.68 bits per heavy atom. The molecular formula is C26H29NO7. The van der Waals surface area contributed by atoms with Gasteiger partial charge in [0.1, 0.15) is 22.7 Å². The Morgan fingerprint density at radius 2 is 1.97 bits per heavy atom. The summed E-state index contributed by atoms with van der Waals surface area (Å²) in [5, 5.41) is 19.3. The Balaban J connectivity index is 1.81. The number of aliphatic hydroxyl groups excluding tert-OH is 2. The van der Waals surface area contributed by atoms with E-state index < -0.39 is 23.9 Å². The van der Waals surface area contributed by atoms with Crippen molar-refractivity contribution in [3.63, 3.8) is 0 Å². The second kappa shape index (κ2) is 9.48. The lowest BCUT2D eigenvalue weighted by atomic mass is 9.91. The molecule has 0 radical (unpaired) electrons. The van der Waals surface area contributed by atoms with Crippen LogP contribution in [0.4, 0.5) is 0 Å². The van der Waals surface area contributed by atoms with Crippen molar-refractivity contribution in [3.8, 4) is 22.6 Å². The van der Waals surface area contributed by atoms with E-state index in [1.807, 2.05) is 44.2 Å². The Hall–Kier alpha value is -3.36. The molecule has 4 rings (SSSR count). The van der Waals surface area contributed by atoms with Gasteiger partial charge in [-0.15, -0.1) is 0 Å². The predicted octanol–water partition coefficient (Wildman–Crippen LogP) is 2.75. The van der Waals surface area contributed by atoms with Crippen molar-refractivity contribution in [1.82, 2.24) is 4.90 Å². The van der Waals surface area contributed by atoms with Crippen LogP contribution in [0.5, 0.6) is 11.5 Å². The maximum atomic E-state index is 12.6. The lowest BCUT2D eigenvalue weighted by Gasteiger charge is -2.33. The third kappa shape index (κ3) is 4.93. The van der Waals surface area contributed by atoms with Crippen LogP contribution in [-0.4, -0.2) is 59.5 Å². The molecule has 180 valence electrons. The van der Waals surface area contributed by atoms with E-state index in [-0.39, 0.29) is 19.1 Å². The van der Waals surface area contributed by atoms with Gasteiger partial charge < -0.3 is 29.0 Å². The number of hydrogen-bond acceptors (Lipinski definition) is 7. The number of rotatable bonds is 7. The van der Waals surface area contributed by atoms with Crippen LogP contribution < -0.4 is 15.1 Å². The van der Waals surface area contributed by atoms with E-state index in [9.17, 15) is 14.7 Å². The third-order valence-electron chi connectivity index (χ3n) is 5.96. The summed E-state index contributed by atoms with van der Waals surface area (Å²) < 4.78 is 17.8. The summed E-state index contributed by atoms with van der Waals surface area (Å²) in [6, 6.07) is 12.6. The summed E-state index contributed by atoms with van der Waals surface area (Å²) in [6.45, 7) is 3.20. The van der Waals surface area contributed by atoms with Crippen LogP contribution in [-0.2, 0) is 11.2 Å². The molecule has 0 spiro atoms. The molecule has 3 aromatic rings. The van der Waals surface area contributed by atoms with Gasteiger partial charge in [0.2, 0.25) is 0 Å². The quantitative estimate of drug-likeness (QED) is 0.514. The molecule has 0 aliphatic carbocycles. The zero-order valence-corrected chi connectivity index (χ0v) is 19.5. The molecule has 2 aromatic carbocycles. The summed E-state index contributed by atoms with van der Waals surface area (Å²) >= 11 is 0. The van der Waals surface area contributed by atoms with E-state index >= 15 is 0 Å². The molecule has 1 atom stereocenters. The Morgan fingerprint density at radius 1 is 1.24 bits per heavy atom. The van der Waals surface area contributed by atoms with Crippen molar-refractivity contribution in [2.24, 2.45) is 0 Å². The van der Waals surface area contributed by atoms with Crippen LogP contribution in [0.1, 0.15) is 25.8 Å². The molecule has 1 aliphatic rings. The minimum Gasteiger partial charge on any atom is -0.487 e. The number of benzene rings is 2. The van der Waals surface area contributed by atoms with Crippen LogP contribution in [0.2, 0.25) is 0 Å². The normalized spacial score (nSPS) is 15.3. The summed E-state index contributed by atoms with van der Waals surface area (Å²) in [7, 11) is 1.52. The highest BCUT2D eigenvalue weighted by Crippen LogP contribution is 2.44. The number of hydrogen-bond donors (Lipinski definition) is 2. The lowest BCUT2D eigenvalue weighted by Crippen LogP contribution is -2.38. The lowest BCUT2D eigenvalue weighted by molar-refractivity contribution is -0.133. The van der Waals surface area contributed by atoms with Gasteiger partial charge in [0.05, 0.1) is 18.1 Å². The fourth-order valence-corrected chi connectivity index (χ4v) is 4.13. The first kappa shape index (κ1) is 23.8. The standard InChI is InChI=1S/C26H29NO7/c1-26(2)10-9-18-20(34-26)12-21(32-15-22(30)27(3)13-17(29)14-28)24-19(11-23(31)33-25(18)24)16-7-5-4-6-8-16/h4-8,11-12,17,28-29H,9-10,13-15H2,1-3H3/t17-/m1/s1. The van der Waals surface area contributed by atoms with Crippen molar-refractivity contribution in [3.05, 3.63) is 58.4 Å². The van der Waals surface area contributed by atoms with Crippen molar-refractivity contribution < 1.29 is 28.9 Å². The Labute approximate surface area is 197 Å². The number of amides is 1. The van der Waals surface area contributed by atoms with Gasteiger partial charge in [0.15, 0.2) is 6.61 Å². The summed E-state index contributed by atoms with van der Waals surface area (Å²) in [5.41, 5.74) is 1.77. The monoisotopic (exact) mass is 467 g/mol. The minimum atomic E-state index is -1.03. The van der Waals surface area contributed by atoms with Crippen molar-refractivity contribution in [2.45, 2.75) is 38.4 Å². The Kier molecular flexibility index (Phi) is 6.63. The first-order chi connectivity index (χ1) is 16.2. The fourth-order valence-electron chi connectivity index (χ4n) is 4.13. The van der Waals surface area contributed by atoms with E-state index in [0.29, 0.717) is 34.5 Å². The van der Waals surface area contributed by atoms with Gasteiger partial charge in [-0.3, -0.25) is 4.79 Å². The first-order valence-corrected chi connectivity index (χ1v) is 11.2. The molecule has 0 saturated heterocycles. The highest BCUT2D eigenvalue weighted by atomic mass is 16.5. The molecule has 8 heteroatoms. The number of likely N-dealkylation sites (N-methyl/N-ethyl adjacent to an activating group) is 1. The molecule has 1 aromatic heterocycles. The molecule has 0 unspecified atom stereocenters. The van der Waals surface area contributed by atoms with Crippen molar-refractivity contribution in [1.29, 1.82) is 0 Å². The second-order valence-electron chi connectivity index (χ2n) is 9.16. The number of aliphatic hydroxyl groups is 2. The zero-order valence-electron chi connectivity index (χ0n) is 19.5. The van der Waals surface area contributed by atoms with E-state index in [1.54, 1.807) is 6.07 Å². The number of fused-ring (bicyclic) bond motifs is 3. The number of carbonyl (C=O) groups excluding carboxylic acids is 1. The maximum absolute atomic E-state index is 12.6. The third-order valence-corrected chi connectivity index (χ3v) is 5.96. The van der Waals surface area contributed by atoms with Gasteiger partial charge in [-0.05, 0) is 32.3 Å². The molecular weight excluding hydrogens is 438 g/mol. The van der Waals surface area contributed by atoms with Crippen molar-refractivity contribution >= 4 is 16.9 Å². The van der Waals surface area contributed by atoms with Gasteiger partial charge in [0, 0.05) is 36.9 Å². The highest BCUT2D eigenvalue weighted by Gasteiger charge is 2.31. The van der Waals surface area contributed by atoms with Crippen LogP contribution in [0, 0.1) is 0 Å². The average molecular weight is 468 g/mol. The number of nitrogens with zero attached hydrogens (tertiary/aromatic N) is 1. The zero-order chi connectivity index (χ0) is 24.5. The van der Waals surface area contributed by atoms with Gasteiger partial charge >= 0.3 is 5.63 Å². The molecule has 1 aliphatic heterocycles. The van der Waals surface area contributed by atoms with Crippen molar-refractivity contribution in [2.75, 3.05) is 26.8 Å². The predicted molar refractivity (Wildman–Crippen MR) is 127 cm³/mol. The molecule has 1 amide bonds. The highest BCUT2D eigenvalue weighted by molar-refractivity contribution is 6.00. The van der Waals surface area contributed by atoms with Crippen LogP contribution >= 0.6 is 0 Å². The van der Waals surface area contributed by atoms with E-state index in [2.05, 4.69) is 0 Å². The average Bonchev–Trinajstić information content (AvgIpc) is 2.81. The topological polar surface area (TPSA) is 109 Å². The molecule has 8 nitrogen and oxygen atoms in total. The molecule has 0 fully saturated rings. The number of ether oxygens (including phenoxy) is 2. The van der Waals surface area contributed by atoms with Gasteiger partial charge in [-0.1, -0.05) is 30.3 Å². The summed E-state index contributed by atoms with van der Waals surface area (Å²) in [4.78, 5) is 26.4. The minimum absolute atomic E-state index is 0.0227. The molecule has 34 heavy (non-hydrogen) atoms. The van der Waals surface area contributed by atoms with Crippen LogP contribution in [0.15, 0.2) is 51.7 Å². The summed E-state index contributed by atoms with van der Waals surface area (Å²) in [6.07, 6.45) is 0.389. The first-order valence-electron chi connectivity index (χ1n) is 11.2. The Bertz CT molecular complexity index is 1250. The fraction of sp³-hybridized carbons (Fsp3) is 0.385. The van der Waals surface area contributed by atoms with E-state index in [4.69, 9.17) is 19.0 Å². The maximum Gasteiger partial charge on any atom is 0.336 e. The SMILES string of the molecule is CN(C[C@@H](O)CO)C(=O)COc1cc2c(c3oc(=O)cc(-c4ccccc4)c13)CCC(C)(C)O2. The van der Waals surface area contributed by atoms with E-state index in [0.717, 1.165) is 17.5 Å². The van der Waals surface area contributed by atoms with E-state index in [1.165, 1.54) is 18.0 Å². The number of aryl methyl sites for hydroxylation is 1. The molecule has 0 saturated carbocycles. The smallest absolute Gasteiger partial charge is 0.336 e. The molecule has 2 heterocycles. The summed E-state index contributed by atoms with van der Waals surface area (Å²) in [5.74, 6) is 0.542. The van der Waals surface area contributed by atoms with Gasteiger partial charge in [0.25, 0.3) is 5.91 Å². The van der Waals surface area contributed by atoms with Crippen LogP contribution in [0.3, 0.4) is 0 Å². The molecule has 2 N–H and O–H groups in total. The van der Waals surface area contributed by atoms with Gasteiger partial charge in [-0.2, -0.15) is 0 Å². The number of carbonyl (C=O) groups is 1.